The highest BCUT2D eigenvalue weighted by Gasteiger charge is 2.45. The molecule has 4 heteroatoms. The minimum atomic E-state index is -0.452. The van der Waals surface area contributed by atoms with Gasteiger partial charge < -0.3 is 14.9 Å². The van der Waals surface area contributed by atoms with Crippen molar-refractivity contribution >= 4 is 5.97 Å². The maximum absolute atomic E-state index is 11.4. The van der Waals surface area contributed by atoms with Gasteiger partial charge in [-0.3, -0.25) is 0 Å². The van der Waals surface area contributed by atoms with Crippen molar-refractivity contribution in [2.45, 2.75) is 37.9 Å². The lowest BCUT2D eigenvalue weighted by Gasteiger charge is -2.18. The molecule has 0 aromatic carbocycles. The number of ether oxygens (including phenoxy) is 1. The Morgan fingerprint density at radius 1 is 1.18 bits per heavy atom. The van der Waals surface area contributed by atoms with Gasteiger partial charge in [-0.2, -0.15) is 0 Å². The monoisotopic (exact) mass is 238 g/mol. The van der Waals surface area contributed by atoms with Gasteiger partial charge in [-0.25, -0.2) is 4.79 Å². The molecule has 2 aliphatic rings. The number of esters is 1. The van der Waals surface area contributed by atoms with Gasteiger partial charge >= 0.3 is 5.97 Å². The fourth-order valence-electron chi connectivity index (χ4n) is 3.01. The molecule has 2 aliphatic carbocycles. The molecule has 0 saturated heterocycles. The number of carbonyl (C=O) groups excluding carboxylic acids is 1. The first-order valence-corrected chi connectivity index (χ1v) is 6.02. The van der Waals surface area contributed by atoms with Gasteiger partial charge in [0.1, 0.15) is 11.9 Å². The molecule has 0 aromatic rings. The van der Waals surface area contributed by atoms with E-state index in [0.717, 1.165) is 25.7 Å². The summed E-state index contributed by atoms with van der Waals surface area (Å²) in [5.74, 6) is -0.0148. The van der Waals surface area contributed by atoms with Crippen LogP contribution in [0.1, 0.15) is 25.7 Å². The molecule has 4 atom stereocenters. The zero-order valence-corrected chi connectivity index (χ0v) is 9.71. The minimum Gasteiger partial charge on any atom is -0.509 e. The number of aliphatic hydroxyl groups excluding tert-OH is 2. The Labute approximate surface area is 101 Å². The smallest absolute Gasteiger partial charge is 0.331 e. The number of rotatable bonds is 3. The van der Waals surface area contributed by atoms with E-state index < -0.39 is 5.97 Å². The third kappa shape index (κ3) is 2.69. The Hall–Kier alpha value is -1.29. The number of hydrogen-bond acceptors (Lipinski definition) is 4. The highest BCUT2D eigenvalue weighted by molar-refractivity contribution is 5.82. The van der Waals surface area contributed by atoms with Crippen LogP contribution < -0.4 is 0 Å². The van der Waals surface area contributed by atoms with E-state index in [0.29, 0.717) is 11.8 Å². The van der Waals surface area contributed by atoms with Crippen molar-refractivity contribution in [3.8, 4) is 0 Å². The second-order valence-electron chi connectivity index (χ2n) is 4.85. The second-order valence-corrected chi connectivity index (χ2v) is 4.85. The molecule has 17 heavy (non-hydrogen) atoms. The first-order valence-electron chi connectivity index (χ1n) is 6.02. The number of aliphatic hydroxyl groups is 2. The van der Waals surface area contributed by atoms with Crippen LogP contribution >= 0.6 is 0 Å². The lowest BCUT2D eigenvalue weighted by molar-refractivity contribution is -0.144. The molecule has 0 unspecified atom stereocenters. The highest BCUT2D eigenvalue weighted by atomic mass is 16.5. The van der Waals surface area contributed by atoms with E-state index in [9.17, 15) is 9.90 Å². The maximum atomic E-state index is 11.4. The molecule has 94 valence electrons. The van der Waals surface area contributed by atoms with E-state index in [-0.39, 0.29) is 18.0 Å². The summed E-state index contributed by atoms with van der Waals surface area (Å²) in [5, 5.41) is 18.6. The third-order valence-electron chi connectivity index (χ3n) is 3.78. The van der Waals surface area contributed by atoms with Gasteiger partial charge in [0, 0.05) is 12.0 Å². The van der Waals surface area contributed by atoms with Crippen LogP contribution in [0.4, 0.5) is 0 Å². The Bertz CT molecular complexity index is 347. The van der Waals surface area contributed by atoms with E-state index in [4.69, 9.17) is 9.84 Å². The van der Waals surface area contributed by atoms with Gasteiger partial charge in [0.2, 0.25) is 0 Å². The van der Waals surface area contributed by atoms with Gasteiger partial charge in [0.15, 0.2) is 0 Å². The van der Waals surface area contributed by atoms with Crippen LogP contribution in [0.15, 0.2) is 24.5 Å². The molecule has 0 heterocycles. The zero-order chi connectivity index (χ0) is 12.4. The van der Waals surface area contributed by atoms with Crippen LogP contribution in [0.2, 0.25) is 0 Å². The minimum absolute atomic E-state index is 0.0822. The quantitative estimate of drug-likeness (QED) is 0.340. The molecule has 2 fully saturated rings. The number of carbonyl (C=O) groups is 1. The van der Waals surface area contributed by atoms with E-state index >= 15 is 0 Å². The Kier molecular flexibility index (Phi) is 3.52. The zero-order valence-electron chi connectivity index (χ0n) is 9.71. The number of allylic oxidation sites excluding steroid dienone is 1. The van der Waals surface area contributed by atoms with Crippen molar-refractivity contribution in [3.63, 3.8) is 0 Å². The van der Waals surface area contributed by atoms with Crippen molar-refractivity contribution < 1.29 is 19.7 Å². The van der Waals surface area contributed by atoms with Crippen LogP contribution in [0.25, 0.3) is 0 Å². The topological polar surface area (TPSA) is 66.8 Å². The normalized spacial score (nSPS) is 36.1. The molecule has 0 amide bonds. The predicted molar refractivity (Wildman–Crippen MR) is 62.2 cm³/mol. The SMILES string of the molecule is C=C(O)C=CC(=O)O[C@H]1CC[C@H]2[C@@H]1CC[C@H]2O. The van der Waals surface area contributed by atoms with Gasteiger partial charge in [-0.05, 0) is 37.7 Å². The van der Waals surface area contributed by atoms with Crippen molar-refractivity contribution in [2.75, 3.05) is 0 Å². The first-order chi connectivity index (χ1) is 8.08. The summed E-state index contributed by atoms with van der Waals surface area (Å²) in [6.45, 7) is 3.25. The molecule has 2 saturated carbocycles. The van der Waals surface area contributed by atoms with Gasteiger partial charge in [0.25, 0.3) is 0 Å². The summed E-state index contributed by atoms with van der Waals surface area (Å²) in [6.07, 6.45) is 5.59. The van der Waals surface area contributed by atoms with Gasteiger partial charge in [-0.15, -0.1) is 0 Å². The van der Waals surface area contributed by atoms with Crippen LogP contribution in [0.5, 0.6) is 0 Å². The molecule has 0 aliphatic heterocycles. The first kappa shape index (κ1) is 12.2. The van der Waals surface area contributed by atoms with Gasteiger partial charge in [-0.1, -0.05) is 6.58 Å². The third-order valence-corrected chi connectivity index (χ3v) is 3.78. The maximum Gasteiger partial charge on any atom is 0.331 e. The molecular weight excluding hydrogens is 220 g/mol. The van der Waals surface area contributed by atoms with Crippen LogP contribution in [0.3, 0.4) is 0 Å². The van der Waals surface area contributed by atoms with E-state index in [1.165, 1.54) is 12.2 Å². The Morgan fingerprint density at radius 3 is 2.59 bits per heavy atom. The van der Waals surface area contributed by atoms with E-state index in [1.54, 1.807) is 0 Å². The summed E-state index contributed by atoms with van der Waals surface area (Å²) < 4.78 is 5.33. The van der Waals surface area contributed by atoms with Gasteiger partial charge in [0.05, 0.1) is 6.10 Å². The fourth-order valence-corrected chi connectivity index (χ4v) is 3.01. The highest BCUT2D eigenvalue weighted by Crippen LogP contribution is 2.45. The second kappa shape index (κ2) is 4.92. The molecule has 2 N–H and O–H groups in total. The van der Waals surface area contributed by atoms with E-state index in [1.807, 2.05) is 0 Å². The average molecular weight is 238 g/mol. The van der Waals surface area contributed by atoms with Crippen molar-refractivity contribution in [2.24, 2.45) is 11.8 Å². The summed E-state index contributed by atoms with van der Waals surface area (Å²) >= 11 is 0. The number of hydrogen-bond donors (Lipinski definition) is 2. The molecule has 0 radical (unpaired) electrons. The number of fused-ring (bicyclic) bond motifs is 1. The van der Waals surface area contributed by atoms with Crippen LogP contribution in [-0.4, -0.2) is 28.4 Å². The molecule has 2 rings (SSSR count). The largest absolute Gasteiger partial charge is 0.509 e. The molecule has 4 nitrogen and oxygen atoms in total. The van der Waals surface area contributed by atoms with E-state index in [2.05, 4.69) is 6.58 Å². The summed E-state index contributed by atoms with van der Waals surface area (Å²) in [6, 6.07) is 0. The summed E-state index contributed by atoms with van der Waals surface area (Å²) in [4.78, 5) is 11.4. The molecule has 0 bridgehead atoms. The standard InChI is InChI=1S/C13H18O4/c1-8(14)2-7-13(16)17-12-6-4-9-10(12)3-5-11(9)15/h2,7,9-12,14-15H,1,3-6H2/t9-,10-,11+,12-/m0/s1. The lowest BCUT2D eigenvalue weighted by Crippen LogP contribution is -2.23. The van der Waals surface area contributed by atoms with Crippen LogP contribution in [0, 0.1) is 11.8 Å². The molecule has 0 aromatic heterocycles. The van der Waals surface area contributed by atoms with Crippen molar-refractivity contribution in [1.82, 2.24) is 0 Å². The predicted octanol–water partition coefficient (Wildman–Crippen LogP) is 1.71. The lowest BCUT2D eigenvalue weighted by atomic mass is 9.98. The van der Waals surface area contributed by atoms with Crippen molar-refractivity contribution in [3.05, 3.63) is 24.5 Å². The Morgan fingerprint density at radius 2 is 1.88 bits per heavy atom. The summed E-state index contributed by atoms with van der Waals surface area (Å²) in [5.41, 5.74) is 0. The van der Waals surface area contributed by atoms with Crippen LogP contribution in [-0.2, 0) is 9.53 Å². The molecular formula is C13H18O4. The summed E-state index contributed by atoms with van der Waals surface area (Å²) in [7, 11) is 0. The van der Waals surface area contributed by atoms with Crippen molar-refractivity contribution in [1.29, 1.82) is 0 Å². The fraction of sp³-hybridized carbons (Fsp3) is 0.615. The molecule has 0 spiro atoms. The average Bonchev–Trinajstić information content (AvgIpc) is 2.81. The Balaban J connectivity index is 1.88.